The highest BCUT2D eigenvalue weighted by Gasteiger charge is 2.11. The Kier molecular flexibility index (Phi) is 12.2. The van der Waals surface area contributed by atoms with E-state index in [0.29, 0.717) is 13.2 Å². The molecule has 0 amide bonds. The fourth-order valence-electron chi connectivity index (χ4n) is 3.52. The Hall–Kier alpha value is -2.04. The van der Waals surface area contributed by atoms with Crippen molar-refractivity contribution >= 4 is 29.9 Å². The van der Waals surface area contributed by atoms with Gasteiger partial charge in [-0.1, -0.05) is 36.4 Å². The molecule has 1 saturated heterocycles. The van der Waals surface area contributed by atoms with Gasteiger partial charge >= 0.3 is 0 Å². The first-order valence-corrected chi connectivity index (χ1v) is 10.9. The van der Waals surface area contributed by atoms with Crippen LogP contribution in [0.5, 0.6) is 11.5 Å². The predicted molar refractivity (Wildman–Crippen MR) is 140 cm³/mol. The van der Waals surface area contributed by atoms with Crippen LogP contribution in [0, 0.1) is 0 Å². The number of guanidine groups is 1. The van der Waals surface area contributed by atoms with Gasteiger partial charge in [-0.15, -0.1) is 24.0 Å². The van der Waals surface area contributed by atoms with Crippen LogP contribution in [0.25, 0.3) is 0 Å². The molecule has 8 heteroatoms. The second-order valence-electron chi connectivity index (χ2n) is 7.32. The minimum Gasteiger partial charge on any atom is -0.496 e. The number of benzene rings is 2. The summed E-state index contributed by atoms with van der Waals surface area (Å²) in [6, 6.07) is 16.2. The van der Waals surface area contributed by atoms with E-state index in [2.05, 4.69) is 32.7 Å². The van der Waals surface area contributed by atoms with E-state index in [0.717, 1.165) is 68.8 Å². The Morgan fingerprint density at radius 2 is 1.69 bits per heavy atom. The summed E-state index contributed by atoms with van der Waals surface area (Å²) in [6.07, 6.45) is 0.853. The molecule has 2 aromatic rings. The van der Waals surface area contributed by atoms with Gasteiger partial charge in [-0.2, -0.15) is 0 Å². The molecule has 7 nitrogen and oxygen atoms in total. The van der Waals surface area contributed by atoms with Crippen LogP contribution in [0.3, 0.4) is 0 Å². The third kappa shape index (κ3) is 8.48. The summed E-state index contributed by atoms with van der Waals surface area (Å²) < 4.78 is 16.9. The van der Waals surface area contributed by atoms with Gasteiger partial charge in [-0.3, -0.25) is 9.89 Å². The maximum absolute atomic E-state index is 6.07. The highest BCUT2D eigenvalue weighted by Crippen LogP contribution is 2.18. The van der Waals surface area contributed by atoms with Crippen LogP contribution in [0.2, 0.25) is 0 Å². The Labute approximate surface area is 208 Å². The molecule has 0 unspecified atom stereocenters. The van der Waals surface area contributed by atoms with E-state index in [-0.39, 0.29) is 24.0 Å². The van der Waals surface area contributed by atoms with Crippen LogP contribution in [-0.2, 0) is 17.7 Å². The van der Waals surface area contributed by atoms with Crippen LogP contribution in [0.1, 0.15) is 11.1 Å². The van der Waals surface area contributed by atoms with Crippen LogP contribution in [0.4, 0.5) is 0 Å². The van der Waals surface area contributed by atoms with Crippen molar-refractivity contribution in [1.29, 1.82) is 0 Å². The zero-order chi connectivity index (χ0) is 21.7. The van der Waals surface area contributed by atoms with E-state index < -0.39 is 0 Å². The summed E-state index contributed by atoms with van der Waals surface area (Å²) >= 11 is 0. The second-order valence-corrected chi connectivity index (χ2v) is 7.32. The van der Waals surface area contributed by atoms with Crippen molar-refractivity contribution in [3.8, 4) is 11.5 Å². The number of hydrogen-bond donors (Lipinski definition) is 2. The summed E-state index contributed by atoms with van der Waals surface area (Å²) in [5.41, 5.74) is 2.28. The molecule has 1 fully saturated rings. The fourth-order valence-corrected chi connectivity index (χ4v) is 3.52. The lowest BCUT2D eigenvalue weighted by atomic mass is 10.1. The number of halogens is 1. The van der Waals surface area contributed by atoms with E-state index in [1.165, 1.54) is 5.56 Å². The SMILES string of the molecule is CN=C(NCCc1ccccc1OC)NCc1ccccc1OCCN1CCOCC1.I. The summed E-state index contributed by atoms with van der Waals surface area (Å²) in [6.45, 7) is 6.56. The highest BCUT2D eigenvalue weighted by atomic mass is 127. The second kappa shape index (κ2) is 14.9. The highest BCUT2D eigenvalue weighted by molar-refractivity contribution is 14.0. The number of morpholine rings is 1. The van der Waals surface area contributed by atoms with Crippen molar-refractivity contribution in [2.75, 3.05) is 60.2 Å². The van der Waals surface area contributed by atoms with E-state index in [9.17, 15) is 0 Å². The van der Waals surface area contributed by atoms with Gasteiger partial charge in [0.15, 0.2) is 5.96 Å². The first-order chi connectivity index (χ1) is 15.3. The van der Waals surface area contributed by atoms with Crippen LogP contribution < -0.4 is 20.1 Å². The van der Waals surface area contributed by atoms with Crippen molar-refractivity contribution < 1.29 is 14.2 Å². The average Bonchev–Trinajstić information content (AvgIpc) is 2.83. The number of nitrogens with one attached hydrogen (secondary N) is 2. The zero-order valence-electron chi connectivity index (χ0n) is 19.0. The third-order valence-electron chi connectivity index (χ3n) is 5.29. The Balaban J connectivity index is 0.00000363. The molecule has 3 rings (SSSR count). The minimum atomic E-state index is 0. The fraction of sp³-hybridized carbons (Fsp3) is 0.458. The van der Waals surface area contributed by atoms with Gasteiger partial charge in [0, 0.05) is 45.3 Å². The monoisotopic (exact) mass is 554 g/mol. The molecular weight excluding hydrogens is 519 g/mol. The number of hydrogen-bond acceptors (Lipinski definition) is 5. The third-order valence-corrected chi connectivity index (χ3v) is 5.29. The summed E-state index contributed by atoms with van der Waals surface area (Å²) in [7, 11) is 3.48. The van der Waals surface area contributed by atoms with Crippen molar-refractivity contribution in [3.63, 3.8) is 0 Å². The van der Waals surface area contributed by atoms with Gasteiger partial charge in [-0.25, -0.2) is 0 Å². The zero-order valence-corrected chi connectivity index (χ0v) is 21.3. The molecule has 0 bridgehead atoms. The van der Waals surface area contributed by atoms with Crippen molar-refractivity contribution in [1.82, 2.24) is 15.5 Å². The molecule has 0 radical (unpaired) electrons. The van der Waals surface area contributed by atoms with Gasteiger partial charge in [0.1, 0.15) is 18.1 Å². The quantitative estimate of drug-likeness (QED) is 0.268. The largest absolute Gasteiger partial charge is 0.496 e. The molecule has 176 valence electrons. The van der Waals surface area contributed by atoms with E-state index in [1.807, 2.05) is 36.4 Å². The molecule has 1 heterocycles. The standard InChI is InChI=1S/C24H34N4O3.HI/c1-25-24(26-12-11-20-7-3-5-9-22(20)29-2)27-19-21-8-4-6-10-23(21)31-18-15-28-13-16-30-17-14-28;/h3-10H,11-19H2,1-2H3,(H2,25,26,27);1H. The average molecular weight is 554 g/mol. The number of rotatable bonds is 10. The predicted octanol–water partition coefficient (Wildman–Crippen LogP) is 2.93. The lowest BCUT2D eigenvalue weighted by Crippen LogP contribution is -2.39. The number of ether oxygens (including phenoxy) is 3. The molecule has 0 aliphatic carbocycles. The van der Waals surface area contributed by atoms with E-state index >= 15 is 0 Å². The van der Waals surface area contributed by atoms with Gasteiger partial charge < -0.3 is 24.8 Å². The maximum atomic E-state index is 6.07. The van der Waals surface area contributed by atoms with Gasteiger partial charge in [0.05, 0.1) is 20.3 Å². The summed E-state index contributed by atoms with van der Waals surface area (Å²) in [5.74, 6) is 2.58. The van der Waals surface area contributed by atoms with Crippen LogP contribution >= 0.6 is 24.0 Å². The minimum absolute atomic E-state index is 0. The maximum Gasteiger partial charge on any atom is 0.191 e. The van der Waals surface area contributed by atoms with Crippen LogP contribution in [0.15, 0.2) is 53.5 Å². The number of para-hydroxylation sites is 2. The molecule has 32 heavy (non-hydrogen) atoms. The molecule has 1 aliphatic heterocycles. The van der Waals surface area contributed by atoms with Crippen molar-refractivity contribution in [3.05, 3.63) is 59.7 Å². The van der Waals surface area contributed by atoms with Gasteiger partial charge in [-0.05, 0) is 24.1 Å². The molecule has 2 N–H and O–H groups in total. The normalized spacial score (nSPS) is 14.4. The van der Waals surface area contributed by atoms with Crippen LogP contribution in [-0.4, -0.2) is 71.0 Å². The topological polar surface area (TPSA) is 67.4 Å². The molecular formula is C24H35IN4O3. The molecule has 0 atom stereocenters. The summed E-state index contributed by atoms with van der Waals surface area (Å²) in [4.78, 5) is 6.71. The van der Waals surface area contributed by atoms with E-state index in [1.54, 1.807) is 14.2 Å². The molecule has 2 aromatic carbocycles. The van der Waals surface area contributed by atoms with Gasteiger partial charge in [0.25, 0.3) is 0 Å². The number of methoxy groups -OCH3 is 1. The first kappa shape index (κ1) is 26.2. The summed E-state index contributed by atoms with van der Waals surface area (Å²) in [5, 5.41) is 6.75. The molecule has 1 aliphatic rings. The lowest BCUT2D eigenvalue weighted by molar-refractivity contribution is 0.0322. The van der Waals surface area contributed by atoms with Gasteiger partial charge in [0.2, 0.25) is 0 Å². The molecule has 0 spiro atoms. The number of aliphatic imine (C=N–C) groups is 1. The lowest BCUT2D eigenvalue weighted by Gasteiger charge is -2.26. The van der Waals surface area contributed by atoms with Crippen molar-refractivity contribution in [2.24, 2.45) is 4.99 Å². The molecule has 0 aromatic heterocycles. The number of nitrogens with zero attached hydrogens (tertiary/aromatic N) is 2. The van der Waals surface area contributed by atoms with Crippen molar-refractivity contribution in [2.45, 2.75) is 13.0 Å². The smallest absolute Gasteiger partial charge is 0.191 e. The Morgan fingerprint density at radius 3 is 2.41 bits per heavy atom. The van der Waals surface area contributed by atoms with E-state index in [4.69, 9.17) is 14.2 Å². The first-order valence-electron chi connectivity index (χ1n) is 10.9. The Bertz CT molecular complexity index is 828. The molecule has 0 saturated carbocycles. The Morgan fingerprint density at radius 1 is 1.00 bits per heavy atom.